The van der Waals surface area contributed by atoms with E-state index in [4.69, 9.17) is 10.7 Å². The van der Waals surface area contributed by atoms with Gasteiger partial charge in [-0.05, 0) is 5.56 Å². The molecule has 2 rings (SSSR count). The Hall–Kier alpha value is -2.06. The van der Waals surface area contributed by atoms with Gasteiger partial charge in [-0.15, -0.1) is 0 Å². The quantitative estimate of drug-likeness (QED) is 0.811. The Bertz CT molecular complexity index is 506. The van der Waals surface area contributed by atoms with Gasteiger partial charge < -0.3 is 4.84 Å². The Balaban J connectivity index is 2.36. The molecular weight excluding hydrogens is 210 g/mol. The monoisotopic (exact) mass is 225 g/mol. The summed E-state index contributed by atoms with van der Waals surface area (Å²) >= 11 is 0. The predicted octanol–water partition coefficient (Wildman–Crippen LogP) is 3.17. The molecule has 0 aromatic heterocycles. The number of rotatable bonds is 4. The average molecular weight is 225 g/mol. The molecule has 0 radical (unpaired) electrons. The minimum atomic E-state index is 0.700. The van der Waals surface area contributed by atoms with Crippen LogP contribution in [0.15, 0.2) is 55.1 Å². The van der Waals surface area contributed by atoms with Gasteiger partial charge in [0.1, 0.15) is 0 Å². The fourth-order valence-electron chi connectivity index (χ4n) is 1.86. The fraction of sp³-hybridized carbons (Fsp3) is 0.0667. The van der Waals surface area contributed by atoms with Crippen LogP contribution >= 0.6 is 0 Å². The summed E-state index contributed by atoms with van der Waals surface area (Å²) in [5.74, 6) is 6.03. The molecule has 0 saturated carbocycles. The highest BCUT2D eigenvalue weighted by Crippen LogP contribution is 2.26. The van der Waals surface area contributed by atoms with Crippen molar-refractivity contribution in [1.82, 2.24) is 0 Å². The molecule has 0 aliphatic carbocycles. The van der Waals surface area contributed by atoms with Crippen molar-refractivity contribution in [2.75, 3.05) is 0 Å². The number of para-hydroxylation sites is 1. The third kappa shape index (κ3) is 2.55. The van der Waals surface area contributed by atoms with Gasteiger partial charge in [0.15, 0.2) is 5.75 Å². The lowest BCUT2D eigenvalue weighted by Crippen LogP contribution is -2.06. The summed E-state index contributed by atoms with van der Waals surface area (Å²) in [5, 5.41) is 0. The van der Waals surface area contributed by atoms with Crippen LogP contribution < -0.4 is 10.7 Å². The van der Waals surface area contributed by atoms with E-state index >= 15 is 0 Å². The second kappa shape index (κ2) is 5.32. The first-order valence-electron chi connectivity index (χ1n) is 5.50. The van der Waals surface area contributed by atoms with Gasteiger partial charge in [0, 0.05) is 17.5 Å². The zero-order valence-electron chi connectivity index (χ0n) is 9.60. The molecule has 0 spiro atoms. The van der Waals surface area contributed by atoms with E-state index in [9.17, 15) is 0 Å². The van der Waals surface area contributed by atoms with Gasteiger partial charge in [0.25, 0.3) is 0 Å². The maximum Gasteiger partial charge on any atom is 0.157 e. The van der Waals surface area contributed by atoms with Crippen LogP contribution in [0, 0.1) is 0 Å². The lowest BCUT2D eigenvalue weighted by atomic mass is 10.0. The number of nitrogens with two attached hydrogens (primary N) is 1. The summed E-state index contributed by atoms with van der Waals surface area (Å²) in [4.78, 5) is 4.97. The summed E-state index contributed by atoms with van der Waals surface area (Å²) < 4.78 is 0. The first-order chi connectivity index (χ1) is 8.35. The molecular formula is C15H15NO. The molecule has 0 amide bonds. The van der Waals surface area contributed by atoms with E-state index in [1.54, 1.807) is 6.08 Å². The standard InChI is InChI=1S/C15H15NO/c1-2-13-9-6-10-14(15(13)17-16)11-12-7-4-3-5-8-12/h2-10H,1,11,16H2. The highest BCUT2D eigenvalue weighted by atomic mass is 16.6. The first kappa shape index (κ1) is 11.4. The molecule has 0 unspecified atom stereocenters. The molecule has 0 atom stereocenters. The summed E-state index contributed by atoms with van der Waals surface area (Å²) in [6.45, 7) is 3.75. The van der Waals surface area contributed by atoms with Crippen molar-refractivity contribution in [1.29, 1.82) is 0 Å². The van der Waals surface area contributed by atoms with Crippen LogP contribution in [0.3, 0.4) is 0 Å². The minimum Gasteiger partial charge on any atom is -0.411 e. The van der Waals surface area contributed by atoms with Crippen LogP contribution in [0.4, 0.5) is 0 Å². The van der Waals surface area contributed by atoms with E-state index < -0.39 is 0 Å². The lowest BCUT2D eigenvalue weighted by Gasteiger charge is -2.10. The van der Waals surface area contributed by atoms with Crippen molar-refractivity contribution in [3.63, 3.8) is 0 Å². The molecule has 17 heavy (non-hydrogen) atoms. The molecule has 0 aliphatic heterocycles. The van der Waals surface area contributed by atoms with Crippen LogP contribution in [-0.2, 0) is 6.42 Å². The van der Waals surface area contributed by atoms with Crippen LogP contribution in [0.25, 0.3) is 6.08 Å². The Kier molecular flexibility index (Phi) is 3.58. The molecule has 2 heteroatoms. The van der Waals surface area contributed by atoms with Crippen molar-refractivity contribution in [3.8, 4) is 5.75 Å². The van der Waals surface area contributed by atoms with Gasteiger partial charge >= 0.3 is 0 Å². The Morgan fingerprint density at radius 3 is 2.47 bits per heavy atom. The molecule has 0 fully saturated rings. The first-order valence-corrected chi connectivity index (χ1v) is 5.50. The molecule has 2 N–H and O–H groups in total. The van der Waals surface area contributed by atoms with Gasteiger partial charge in [0.05, 0.1) is 0 Å². The predicted molar refractivity (Wildman–Crippen MR) is 70.6 cm³/mol. The largest absolute Gasteiger partial charge is 0.411 e. The van der Waals surface area contributed by atoms with Gasteiger partial charge in [-0.2, -0.15) is 5.90 Å². The zero-order valence-corrected chi connectivity index (χ0v) is 9.60. The molecule has 0 saturated heterocycles. The molecule has 86 valence electrons. The second-order valence-corrected chi connectivity index (χ2v) is 3.82. The van der Waals surface area contributed by atoms with Crippen molar-refractivity contribution in [2.24, 2.45) is 5.90 Å². The highest BCUT2D eigenvalue weighted by Gasteiger charge is 2.07. The Morgan fingerprint density at radius 2 is 1.82 bits per heavy atom. The van der Waals surface area contributed by atoms with Crippen molar-refractivity contribution < 1.29 is 4.84 Å². The van der Waals surface area contributed by atoms with Gasteiger partial charge in [-0.3, -0.25) is 0 Å². The van der Waals surface area contributed by atoms with E-state index in [2.05, 4.69) is 18.7 Å². The molecule has 2 nitrogen and oxygen atoms in total. The fourth-order valence-corrected chi connectivity index (χ4v) is 1.86. The van der Waals surface area contributed by atoms with E-state index in [0.29, 0.717) is 5.75 Å². The van der Waals surface area contributed by atoms with Crippen LogP contribution in [0.2, 0.25) is 0 Å². The van der Waals surface area contributed by atoms with Gasteiger partial charge in [-0.25, -0.2) is 0 Å². The molecule has 2 aromatic carbocycles. The second-order valence-electron chi connectivity index (χ2n) is 3.82. The van der Waals surface area contributed by atoms with Crippen molar-refractivity contribution >= 4 is 6.08 Å². The van der Waals surface area contributed by atoms with Gasteiger partial charge in [0.2, 0.25) is 0 Å². The molecule has 2 aromatic rings. The zero-order chi connectivity index (χ0) is 12.1. The summed E-state index contributed by atoms with van der Waals surface area (Å²) in [6.07, 6.45) is 2.55. The van der Waals surface area contributed by atoms with E-state index in [1.807, 2.05) is 36.4 Å². The minimum absolute atomic E-state index is 0.700. The van der Waals surface area contributed by atoms with Crippen molar-refractivity contribution in [2.45, 2.75) is 6.42 Å². The number of benzene rings is 2. The van der Waals surface area contributed by atoms with E-state index in [1.165, 1.54) is 5.56 Å². The SMILES string of the molecule is C=Cc1cccc(Cc2ccccc2)c1ON. The average Bonchev–Trinajstić information content (AvgIpc) is 2.39. The number of hydrogen-bond donors (Lipinski definition) is 1. The third-order valence-electron chi connectivity index (χ3n) is 2.70. The summed E-state index contributed by atoms with van der Waals surface area (Å²) in [7, 11) is 0. The van der Waals surface area contributed by atoms with Crippen LogP contribution in [0.5, 0.6) is 5.75 Å². The molecule has 0 aliphatic rings. The summed E-state index contributed by atoms with van der Waals surface area (Å²) in [5.41, 5.74) is 3.21. The Labute approximate surface area is 101 Å². The normalized spacial score (nSPS) is 9.94. The summed E-state index contributed by atoms with van der Waals surface area (Å²) in [6, 6.07) is 16.2. The number of hydrogen-bond acceptors (Lipinski definition) is 2. The topological polar surface area (TPSA) is 35.2 Å². The van der Waals surface area contributed by atoms with Crippen LogP contribution in [0.1, 0.15) is 16.7 Å². The Morgan fingerprint density at radius 1 is 1.06 bits per heavy atom. The van der Waals surface area contributed by atoms with E-state index in [0.717, 1.165) is 17.5 Å². The molecule has 0 heterocycles. The van der Waals surface area contributed by atoms with Crippen molar-refractivity contribution in [3.05, 3.63) is 71.8 Å². The van der Waals surface area contributed by atoms with E-state index in [-0.39, 0.29) is 0 Å². The maximum atomic E-state index is 5.33. The lowest BCUT2D eigenvalue weighted by molar-refractivity contribution is 0.330. The maximum absolute atomic E-state index is 5.33. The third-order valence-corrected chi connectivity index (χ3v) is 2.70. The van der Waals surface area contributed by atoms with Gasteiger partial charge in [-0.1, -0.05) is 61.2 Å². The smallest absolute Gasteiger partial charge is 0.157 e. The van der Waals surface area contributed by atoms with Crippen LogP contribution in [-0.4, -0.2) is 0 Å². The molecule has 0 bridgehead atoms. The highest BCUT2D eigenvalue weighted by molar-refractivity contribution is 5.59.